The fourth-order valence-electron chi connectivity index (χ4n) is 3.25. The largest absolute Gasteiger partial charge is 0.465 e. The molecule has 28 heavy (non-hydrogen) atoms. The van der Waals surface area contributed by atoms with Crippen LogP contribution in [0, 0.1) is 0 Å². The molecule has 2 heterocycles. The lowest BCUT2D eigenvalue weighted by atomic mass is 10.2. The lowest BCUT2D eigenvalue weighted by Crippen LogP contribution is -2.19. The molecule has 0 saturated carbocycles. The van der Waals surface area contributed by atoms with Crippen LogP contribution in [0.25, 0.3) is 10.9 Å². The summed E-state index contributed by atoms with van der Waals surface area (Å²) in [7, 11) is 1.36. The van der Waals surface area contributed by atoms with Gasteiger partial charge in [0.1, 0.15) is 5.82 Å². The van der Waals surface area contributed by atoms with Gasteiger partial charge >= 0.3 is 5.97 Å². The van der Waals surface area contributed by atoms with Crippen LogP contribution in [0.4, 0.5) is 17.5 Å². The summed E-state index contributed by atoms with van der Waals surface area (Å²) in [5.74, 6) is 0.824. The number of carbonyl (C=O) groups is 1. The molecule has 0 bridgehead atoms. The van der Waals surface area contributed by atoms with Crippen LogP contribution in [0.15, 0.2) is 48.5 Å². The molecule has 1 fully saturated rings. The van der Waals surface area contributed by atoms with Crippen LogP contribution >= 0.6 is 0 Å². The van der Waals surface area contributed by atoms with Crippen molar-refractivity contribution in [3.8, 4) is 0 Å². The third-order valence-electron chi connectivity index (χ3n) is 4.66. The minimum absolute atomic E-state index is 0.210. The summed E-state index contributed by atoms with van der Waals surface area (Å²) in [6.45, 7) is 1.53. The zero-order valence-corrected chi connectivity index (χ0v) is 15.6. The van der Waals surface area contributed by atoms with Crippen molar-refractivity contribution in [2.24, 2.45) is 0 Å². The van der Waals surface area contributed by atoms with Gasteiger partial charge in [0.05, 0.1) is 24.3 Å². The lowest BCUT2D eigenvalue weighted by Gasteiger charge is -2.14. The molecule has 1 saturated heterocycles. The molecule has 0 radical (unpaired) electrons. The molecule has 0 amide bonds. The number of nitrogens with one attached hydrogen (secondary N) is 2. The molecule has 2 N–H and O–H groups in total. The number of aromatic nitrogens is 2. The fraction of sp³-hybridized carbons (Fsp3) is 0.286. The maximum absolute atomic E-state index is 11.8. The molecule has 7 heteroatoms. The second kappa shape index (κ2) is 8.22. The highest BCUT2D eigenvalue weighted by atomic mass is 16.5. The first kappa shape index (κ1) is 18.2. The summed E-state index contributed by atoms with van der Waals surface area (Å²) >= 11 is 0. The van der Waals surface area contributed by atoms with E-state index in [1.165, 1.54) is 7.11 Å². The Morgan fingerprint density at radius 3 is 2.93 bits per heavy atom. The standard InChI is InChI=1S/C21H22N4O3/c1-27-20(26)14-6-4-7-15(12-14)23-21-24-18-10-3-2-9-17(18)19(25-21)22-13-16-8-5-11-28-16/h2-4,6-7,9-10,12,16H,5,8,11,13H2,1H3,(H2,22,23,24,25). The van der Waals surface area contributed by atoms with Crippen LogP contribution < -0.4 is 10.6 Å². The number of nitrogens with zero attached hydrogens (tertiary/aromatic N) is 2. The van der Waals surface area contributed by atoms with Crippen LogP contribution in [-0.4, -0.2) is 42.3 Å². The molecule has 1 aliphatic heterocycles. The first-order valence-corrected chi connectivity index (χ1v) is 9.30. The van der Waals surface area contributed by atoms with Gasteiger partial charge in [-0.3, -0.25) is 0 Å². The SMILES string of the molecule is COC(=O)c1cccc(Nc2nc(NCC3CCCO3)c3ccccc3n2)c1. The molecular weight excluding hydrogens is 356 g/mol. The van der Waals surface area contributed by atoms with Crippen molar-refractivity contribution in [2.75, 3.05) is 30.9 Å². The number of fused-ring (bicyclic) bond motifs is 1. The Labute approximate surface area is 163 Å². The highest BCUT2D eigenvalue weighted by Gasteiger charge is 2.16. The Morgan fingerprint density at radius 1 is 1.21 bits per heavy atom. The number of benzene rings is 2. The Kier molecular flexibility index (Phi) is 5.34. The predicted octanol–water partition coefficient (Wildman–Crippen LogP) is 3.75. The zero-order chi connectivity index (χ0) is 19.3. The minimum Gasteiger partial charge on any atom is -0.465 e. The van der Waals surface area contributed by atoms with E-state index in [0.29, 0.717) is 23.7 Å². The van der Waals surface area contributed by atoms with Gasteiger partial charge < -0.3 is 20.1 Å². The van der Waals surface area contributed by atoms with Crippen molar-refractivity contribution in [1.29, 1.82) is 0 Å². The van der Waals surface area contributed by atoms with Crippen molar-refractivity contribution < 1.29 is 14.3 Å². The van der Waals surface area contributed by atoms with Crippen molar-refractivity contribution in [3.63, 3.8) is 0 Å². The first-order chi connectivity index (χ1) is 13.7. The van der Waals surface area contributed by atoms with E-state index in [0.717, 1.165) is 36.2 Å². The van der Waals surface area contributed by atoms with E-state index in [4.69, 9.17) is 9.47 Å². The maximum atomic E-state index is 11.8. The second-order valence-corrected chi connectivity index (χ2v) is 6.63. The zero-order valence-electron chi connectivity index (χ0n) is 15.6. The molecule has 0 aliphatic carbocycles. The third kappa shape index (κ3) is 4.04. The third-order valence-corrected chi connectivity index (χ3v) is 4.66. The molecule has 144 valence electrons. The second-order valence-electron chi connectivity index (χ2n) is 6.63. The Bertz CT molecular complexity index is 986. The van der Waals surface area contributed by atoms with Gasteiger partial charge in [0.2, 0.25) is 5.95 Å². The number of para-hydroxylation sites is 1. The van der Waals surface area contributed by atoms with Gasteiger partial charge in [-0.1, -0.05) is 18.2 Å². The number of carbonyl (C=O) groups excluding carboxylic acids is 1. The predicted molar refractivity (Wildman–Crippen MR) is 108 cm³/mol. The molecule has 0 spiro atoms. The van der Waals surface area contributed by atoms with Gasteiger partial charge in [-0.15, -0.1) is 0 Å². The van der Waals surface area contributed by atoms with E-state index in [2.05, 4.69) is 20.6 Å². The Balaban J connectivity index is 1.61. The summed E-state index contributed by atoms with van der Waals surface area (Å²) in [6.07, 6.45) is 2.36. The molecule has 3 aromatic rings. The minimum atomic E-state index is -0.387. The quantitative estimate of drug-likeness (QED) is 0.632. The first-order valence-electron chi connectivity index (χ1n) is 9.30. The number of rotatable bonds is 6. The van der Waals surface area contributed by atoms with E-state index in [-0.39, 0.29) is 12.1 Å². The van der Waals surface area contributed by atoms with Crippen molar-refractivity contribution in [1.82, 2.24) is 9.97 Å². The number of ether oxygens (including phenoxy) is 2. The molecule has 1 unspecified atom stereocenters. The smallest absolute Gasteiger partial charge is 0.337 e. The topological polar surface area (TPSA) is 85.4 Å². The van der Waals surface area contributed by atoms with Crippen LogP contribution in [0.5, 0.6) is 0 Å². The number of anilines is 3. The van der Waals surface area contributed by atoms with Gasteiger partial charge in [-0.25, -0.2) is 9.78 Å². The summed E-state index contributed by atoms with van der Waals surface area (Å²) in [5.41, 5.74) is 2.01. The highest BCUT2D eigenvalue weighted by Crippen LogP contribution is 2.24. The lowest BCUT2D eigenvalue weighted by molar-refractivity contribution is 0.0601. The maximum Gasteiger partial charge on any atom is 0.337 e. The van der Waals surface area contributed by atoms with Crippen molar-refractivity contribution >= 4 is 34.3 Å². The van der Waals surface area contributed by atoms with Gasteiger partial charge in [0, 0.05) is 24.2 Å². The van der Waals surface area contributed by atoms with E-state index >= 15 is 0 Å². The van der Waals surface area contributed by atoms with Crippen molar-refractivity contribution in [3.05, 3.63) is 54.1 Å². The van der Waals surface area contributed by atoms with E-state index in [9.17, 15) is 4.79 Å². The van der Waals surface area contributed by atoms with Gasteiger partial charge in [-0.2, -0.15) is 4.98 Å². The Morgan fingerprint density at radius 2 is 2.11 bits per heavy atom. The summed E-state index contributed by atoms with van der Waals surface area (Å²) < 4.78 is 10.5. The van der Waals surface area contributed by atoms with Crippen LogP contribution in [0.1, 0.15) is 23.2 Å². The summed E-state index contributed by atoms with van der Waals surface area (Å²) in [6, 6.07) is 14.9. The van der Waals surface area contributed by atoms with Crippen LogP contribution in [0.3, 0.4) is 0 Å². The summed E-state index contributed by atoms with van der Waals surface area (Å²) in [5, 5.41) is 7.54. The number of methoxy groups -OCH3 is 1. The average Bonchev–Trinajstić information content (AvgIpc) is 3.25. The molecule has 7 nitrogen and oxygen atoms in total. The van der Waals surface area contributed by atoms with Gasteiger partial charge in [-0.05, 0) is 43.2 Å². The molecule has 4 rings (SSSR count). The summed E-state index contributed by atoms with van der Waals surface area (Å²) in [4.78, 5) is 21.0. The number of hydrogen-bond donors (Lipinski definition) is 2. The van der Waals surface area contributed by atoms with Gasteiger partial charge in [0.25, 0.3) is 0 Å². The van der Waals surface area contributed by atoms with Crippen LogP contribution in [-0.2, 0) is 9.47 Å². The fourth-order valence-corrected chi connectivity index (χ4v) is 3.25. The monoisotopic (exact) mass is 378 g/mol. The molecule has 1 atom stereocenters. The average molecular weight is 378 g/mol. The number of hydrogen-bond acceptors (Lipinski definition) is 7. The molecule has 1 aromatic heterocycles. The highest BCUT2D eigenvalue weighted by molar-refractivity contribution is 5.91. The van der Waals surface area contributed by atoms with E-state index in [1.807, 2.05) is 30.3 Å². The molecule has 2 aromatic carbocycles. The van der Waals surface area contributed by atoms with E-state index < -0.39 is 0 Å². The van der Waals surface area contributed by atoms with E-state index in [1.54, 1.807) is 18.2 Å². The Hall–Kier alpha value is -3.19. The van der Waals surface area contributed by atoms with Crippen LogP contribution in [0.2, 0.25) is 0 Å². The number of esters is 1. The molecule has 1 aliphatic rings. The van der Waals surface area contributed by atoms with Gasteiger partial charge in [0.15, 0.2) is 0 Å². The normalized spacial score (nSPS) is 16.1. The van der Waals surface area contributed by atoms with Crippen molar-refractivity contribution in [2.45, 2.75) is 18.9 Å². The molecular formula is C21H22N4O3.